The number of hydrogen-bond donors (Lipinski definition) is 1. The van der Waals surface area contributed by atoms with E-state index in [0.29, 0.717) is 6.42 Å². The lowest BCUT2D eigenvalue weighted by atomic mass is 10.2. The first-order valence-corrected chi connectivity index (χ1v) is 7.41. The Hall–Kier alpha value is -2.30. The van der Waals surface area contributed by atoms with Crippen LogP contribution in [-0.2, 0) is 17.9 Å². The minimum atomic E-state index is 0.225. The van der Waals surface area contributed by atoms with Crippen molar-refractivity contribution in [2.24, 2.45) is 0 Å². The molecule has 2 aromatic rings. The van der Waals surface area contributed by atoms with Gasteiger partial charge in [-0.2, -0.15) is 0 Å². The quantitative estimate of drug-likeness (QED) is 0.918. The number of rotatable bonds is 5. The number of aromatic nitrogens is 2. The van der Waals surface area contributed by atoms with Crippen molar-refractivity contribution in [3.63, 3.8) is 0 Å². The molecule has 0 bridgehead atoms. The van der Waals surface area contributed by atoms with Crippen LogP contribution in [0.1, 0.15) is 25.5 Å². The molecule has 0 aliphatic carbocycles. The zero-order chi connectivity index (χ0) is 14.7. The molecule has 5 heteroatoms. The van der Waals surface area contributed by atoms with Crippen LogP contribution in [0.2, 0.25) is 0 Å². The van der Waals surface area contributed by atoms with E-state index in [9.17, 15) is 4.79 Å². The maximum atomic E-state index is 11.7. The summed E-state index contributed by atoms with van der Waals surface area (Å²) in [6, 6.07) is 8.05. The predicted molar refractivity (Wildman–Crippen MR) is 83.3 cm³/mol. The number of imidazole rings is 1. The molecule has 5 nitrogen and oxygen atoms in total. The molecule has 110 valence electrons. The lowest BCUT2D eigenvalue weighted by Gasteiger charge is -2.16. The molecule has 0 unspecified atom stereocenters. The van der Waals surface area contributed by atoms with Crippen LogP contribution in [0.15, 0.2) is 36.8 Å². The monoisotopic (exact) mass is 284 g/mol. The maximum absolute atomic E-state index is 11.7. The van der Waals surface area contributed by atoms with Gasteiger partial charge in [-0.05, 0) is 37.6 Å². The molecule has 0 saturated carbocycles. The van der Waals surface area contributed by atoms with Gasteiger partial charge in [0.15, 0.2) is 0 Å². The van der Waals surface area contributed by atoms with E-state index in [0.717, 1.165) is 43.1 Å². The molecule has 21 heavy (non-hydrogen) atoms. The smallest absolute Gasteiger partial charge is 0.227 e. The highest BCUT2D eigenvalue weighted by atomic mass is 16.2. The van der Waals surface area contributed by atoms with E-state index in [1.807, 2.05) is 41.7 Å². The van der Waals surface area contributed by atoms with E-state index >= 15 is 0 Å². The molecule has 1 aliphatic heterocycles. The Morgan fingerprint density at radius 3 is 2.76 bits per heavy atom. The molecular weight excluding hydrogens is 264 g/mol. The van der Waals surface area contributed by atoms with Crippen molar-refractivity contribution in [1.82, 2.24) is 9.55 Å². The molecule has 1 fully saturated rings. The second-order valence-electron chi connectivity index (χ2n) is 5.22. The highest BCUT2D eigenvalue weighted by Gasteiger charge is 2.21. The lowest BCUT2D eigenvalue weighted by Crippen LogP contribution is -2.23. The number of nitrogens with one attached hydrogen (secondary N) is 1. The Balaban J connectivity index is 1.63. The number of hydrogen-bond acceptors (Lipinski definition) is 3. The van der Waals surface area contributed by atoms with Gasteiger partial charge in [-0.25, -0.2) is 4.98 Å². The average molecular weight is 284 g/mol. The number of nitrogens with zero attached hydrogens (tertiary/aromatic N) is 3. The summed E-state index contributed by atoms with van der Waals surface area (Å²) in [4.78, 5) is 17.7. The van der Waals surface area contributed by atoms with Gasteiger partial charge < -0.3 is 14.8 Å². The molecule has 1 amide bonds. The van der Waals surface area contributed by atoms with Crippen LogP contribution in [0.4, 0.5) is 11.4 Å². The summed E-state index contributed by atoms with van der Waals surface area (Å²) in [5.74, 6) is 0.225. The van der Waals surface area contributed by atoms with Gasteiger partial charge in [-0.15, -0.1) is 0 Å². The van der Waals surface area contributed by atoms with Crippen LogP contribution in [0.5, 0.6) is 0 Å². The fraction of sp³-hybridized carbons (Fsp3) is 0.375. The van der Waals surface area contributed by atoms with Gasteiger partial charge in [0.1, 0.15) is 0 Å². The Kier molecular flexibility index (Phi) is 3.90. The van der Waals surface area contributed by atoms with Crippen molar-refractivity contribution in [2.75, 3.05) is 16.8 Å². The minimum absolute atomic E-state index is 0.225. The Morgan fingerprint density at radius 2 is 2.10 bits per heavy atom. The second-order valence-corrected chi connectivity index (χ2v) is 5.22. The van der Waals surface area contributed by atoms with Crippen LogP contribution >= 0.6 is 0 Å². The predicted octanol–water partition coefficient (Wildman–Crippen LogP) is 2.64. The first-order valence-electron chi connectivity index (χ1n) is 7.41. The Labute approximate surface area is 124 Å². The lowest BCUT2D eigenvalue weighted by molar-refractivity contribution is -0.117. The largest absolute Gasteiger partial charge is 0.379 e. The third-order valence-electron chi connectivity index (χ3n) is 3.87. The Bertz CT molecular complexity index is 617. The summed E-state index contributed by atoms with van der Waals surface area (Å²) in [6.45, 7) is 4.61. The van der Waals surface area contributed by atoms with Gasteiger partial charge in [0.25, 0.3) is 0 Å². The number of amides is 1. The van der Waals surface area contributed by atoms with Gasteiger partial charge in [-0.1, -0.05) is 0 Å². The van der Waals surface area contributed by atoms with E-state index in [1.165, 1.54) is 0 Å². The highest BCUT2D eigenvalue weighted by Crippen LogP contribution is 2.23. The fourth-order valence-corrected chi connectivity index (χ4v) is 2.65. The van der Waals surface area contributed by atoms with Crippen LogP contribution in [-0.4, -0.2) is 22.0 Å². The average Bonchev–Trinajstić information content (AvgIpc) is 3.14. The number of aryl methyl sites for hydroxylation is 1. The molecule has 1 aromatic heterocycles. The zero-order valence-electron chi connectivity index (χ0n) is 12.2. The molecule has 3 rings (SSSR count). The summed E-state index contributed by atoms with van der Waals surface area (Å²) >= 11 is 0. The summed E-state index contributed by atoms with van der Waals surface area (Å²) < 4.78 is 2.12. The number of carbonyl (C=O) groups is 1. The van der Waals surface area contributed by atoms with Crippen LogP contribution in [0.3, 0.4) is 0 Å². The molecular formula is C16H20N4O. The van der Waals surface area contributed by atoms with Crippen LogP contribution < -0.4 is 10.2 Å². The zero-order valence-corrected chi connectivity index (χ0v) is 12.2. The SMILES string of the molecule is CCn1cncc1CNc1ccc(N2CCCC2=O)cc1. The van der Waals surface area contributed by atoms with E-state index < -0.39 is 0 Å². The number of anilines is 2. The summed E-state index contributed by atoms with van der Waals surface area (Å²) in [7, 11) is 0. The van der Waals surface area contributed by atoms with Gasteiger partial charge in [-0.3, -0.25) is 4.79 Å². The molecule has 1 N–H and O–H groups in total. The Morgan fingerprint density at radius 1 is 1.29 bits per heavy atom. The van der Waals surface area contributed by atoms with E-state index in [-0.39, 0.29) is 5.91 Å². The van der Waals surface area contributed by atoms with E-state index in [4.69, 9.17) is 0 Å². The maximum Gasteiger partial charge on any atom is 0.227 e. The van der Waals surface area contributed by atoms with Gasteiger partial charge in [0, 0.05) is 37.1 Å². The fourth-order valence-electron chi connectivity index (χ4n) is 2.65. The molecule has 1 aromatic carbocycles. The minimum Gasteiger partial charge on any atom is -0.379 e. The van der Waals surface area contributed by atoms with Gasteiger partial charge in [0.2, 0.25) is 5.91 Å². The summed E-state index contributed by atoms with van der Waals surface area (Å²) in [6.07, 6.45) is 5.35. The summed E-state index contributed by atoms with van der Waals surface area (Å²) in [5.41, 5.74) is 3.20. The van der Waals surface area contributed by atoms with Gasteiger partial charge in [0.05, 0.1) is 18.6 Å². The molecule has 0 spiro atoms. The van der Waals surface area contributed by atoms with Crippen molar-refractivity contribution in [3.05, 3.63) is 42.5 Å². The number of carbonyl (C=O) groups excluding carboxylic acids is 1. The van der Waals surface area contributed by atoms with Crippen molar-refractivity contribution in [3.8, 4) is 0 Å². The normalized spacial score (nSPS) is 14.7. The van der Waals surface area contributed by atoms with E-state index in [2.05, 4.69) is 21.8 Å². The van der Waals surface area contributed by atoms with Crippen molar-refractivity contribution in [2.45, 2.75) is 32.9 Å². The van der Waals surface area contributed by atoms with Gasteiger partial charge >= 0.3 is 0 Å². The second kappa shape index (κ2) is 5.99. The van der Waals surface area contributed by atoms with Crippen molar-refractivity contribution in [1.29, 1.82) is 0 Å². The third-order valence-corrected chi connectivity index (χ3v) is 3.87. The molecule has 0 atom stereocenters. The first kappa shape index (κ1) is 13.7. The molecule has 1 aliphatic rings. The first-order chi connectivity index (χ1) is 10.3. The third kappa shape index (κ3) is 2.91. The van der Waals surface area contributed by atoms with Crippen LogP contribution in [0.25, 0.3) is 0 Å². The molecule has 2 heterocycles. The standard InChI is InChI=1S/C16H20N4O/c1-2-19-12-17-10-15(19)11-18-13-5-7-14(8-6-13)20-9-3-4-16(20)21/h5-8,10,12,18H,2-4,9,11H2,1H3. The molecule has 0 radical (unpaired) electrons. The topological polar surface area (TPSA) is 50.2 Å². The highest BCUT2D eigenvalue weighted by molar-refractivity contribution is 5.95. The van der Waals surface area contributed by atoms with Crippen LogP contribution in [0, 0.1) is 0 Å². The summed E-state index contributed by atoms with van der Waals surface area (Å²) in [5, 5.41) is 3.39. The van der Waals surface area contributed by atoms with Crippen molar-refractivity contribution < 1.29 is 4.79 Å². The van der Waals surface area contributed by atoms with E-state index in [1.54, 1.807) is 0 Å². The van der Waals surface area contributed by atoms with Crippen molar-refractivity contribution >= 4 is 17.3 Å². The molecule has 1 saturated heterocycles. The number of benzene rings is 1.